The van der Waals surface area contributed by atoms with Gasteiger partial charge in [0, 0.05) is 12.5 Å². The zero-order valence-corrected chi connectivity index (χ0v) is 20.5. The molecule has 2 saturated heterocycles. The molecule has 190 valence electrons. The van der Waals surface area contributed by atoms with E-state index >= 15 is 0 Å². The Morgan fingerprint density at radius 1 is 1.08 bits per heavy atom. The van der Waals surface area contributed by atoms with Crippen LogP contribution in [0.15, 0.2) is 48.5 Å². The van der Waals surface area contributed by atoms with Gasteiger partial charge in [-0.1, -0.05) is 36.4 Å². The Morgan fingerprint density at radius 3 is 2.67 bits per heavy atom. The van der Waals surface area contributed by atoms with Gasteiger partial charge in [-0.15, -0.1) is 0 Å². The van der Waals surface area contributed by atoms with Crippen molar-refractivity contribution >= 4 is 17.8 Å². The number of likely N-dealkylation sites (tertiary alicyclic amines) is 1. The van der Waals surface area contributed by atoms with E-state index in [4.69, 9.17) is 9.47 Å². The van der Waals surface area contributed by atoms with E-state index in [1.54, 1.807) is 6.92 Å². The molecule has 0 radical (unpaired) electrons. The third-order valence-corrected chi connectivity index (χ3v) is 7.12. The number of carbonyl (C=O) groups is 3. The van der Waals surface area contributed by atoms with Crippen molar-refractivity contribution in [2.75, 3.05) is 26.3 Å². The minimum Gasteiger partial charge on any atom is -0.490 e. The minimum absolute atomic E-state index is 0.0483. The van der Waals surface area contributed by atoms with Gasteiger partial charge in [0.1, 0.15) is 5.54 Å². The summed E-state index contributed by atoms with van der Waals surface area (Å²) in [4.78, 5) is 40.6. The molecule has 9 nitrogen and oxygen atoms in total. The first-order chi connectivity index (χ1) is 17.4. The zero-order valence-electron chi connectivity index (χ0n) is 20.5. The van der Waals surface area contributed by atoms with Crippen molar-refractivity contribution in [3.05, 3.63) is 59.7 Å². The van der Waals surface area contributed by atoms with Crippen molar-refractivity contribution in [1.82, 2.24) is 20.7 Å². The van der Waals surface area contributed by atoms with Gasteiger partial charge >= 0.3 is 6.03 Å². The first-order valence-corrected chi connectivity index (χ1v) is 12.6. The lowest BCUT2D eigenvalue weighted by Crippen LogP contribution is -2.51. The van der Waals surface area contributed by atoms with E-state index in [-0.39, 0.29) is 12.6 Å². The van der Waals surface area contributed by atoms with Gasteiger partial charge in [-0.25, -0.2) is 4.79 Å². The van der Waals surface area contributed by atoms with E-state index in [0.29, 0.717) is 26.1 Å². The van der Waals surface area contributed by atoms with Gasteiger partial charge in [0.05, 0.1) is 19.8 Å². The second-order valence-corrected chi connectivity index (χ2v) is 9.81. The van der Waals surface area contributed by atoms with Gasteiger partial charge in [-0.05, 0) is 62.4 Å². The summed E-state index contributed by atoms with van der Waals surface area (Å²) >= 11 is 0. The topological polar surface area (TPSA) is 100 Å². The second kappa shape index (κ2) is 10.2. The third kappa shape index (κ3) is 5.02. The average molecular weight is 493 g/mol. The largest absolute Gasteiger partial charge is 0.490 e. The highest BCUT2D eigenvalue weighted by atomic mass is 16.5. The lowest BCUT2D eigenvalue weighted by Gasteiger charge is -2.26. The summed E-state index contributed by atoms with van der Waals surface area (Å²) in [7, 11) is 0. The molecule has 3 aliphatic heterocycles. The van der Waals surface area contributed by atoms with Crippen molar-refractivity contribution in [3.8, 4) is 11.5 Å². The minimum atomic E-state index is -1.07. The molecule has 2 aromatic rings. The van der Waals surface area contributed by atoms with Gasteiger partial charge in [0.25, 0.3) is 11.8 Å². The maximum Gasteiger partial charge on any atom is 0.344 e. The summed E-state index contributed by atoms with van der Waals surface area (Å²) in [6.07, 6.45) is 3.77. The molecule has 36 heavy (non-hydrogen) atoms. The number of hydrogen-bond donors (Lipinski definition) is 2. The quantitative estimate of drug-likeness (QED) is 0.577. The van der Waals surface area contributed by atoms with Gasteiger partial charge in [0.15, 0.2) is 11.5 Å². The number of ether oxygens (including phenoxy) is 2. The average Bonchev–Trinajstić information content (AvgIpc) is 3.31. The van der Waals surface area contributed by atoms with Crippen molar-refractivity contribution < 1.29 is 23.9 Å². The molecule has 2 atom stereocenters. The van der Waals surface area contributed by atoms with Crippen LogP contribution >= 0.6 is 0 Å². The molecule has 2 N–H and O–H groups in total. The molecule has 9 heteroatoms. The second-order valence-electron chi connectivity index (χ2n) is 9.81. The number of rotatable bonds is 7. The molecule has 0 bridgehead atoms. The standard InChI is InChI=1S/C27H32N4O5/c1-27(13-12-19-7-3-2-4-8-19)25(33)31(26(34)28-27)29-24(32)18-30-14-5-9-21(30)20-10-11-22-23(17-20)36-16-6-15-35-22/h2-4,7-8,10-11,17,21H,5-6,9,12-16,18H2,1H3,(H,28,34)(H,29,32)/t21-,27-/m0/s1. The molecular weight excluding hydrogens is 460 g/mol. The van der Waals surface area contributed by atoms with Gasteiger partial charge in [0.2, 0.25) is 0 Å². The number of nitrogens with zero attached hydrogens (tertiary/aromatic N) is 2. The van der Waals surface area contributed by atoms with Crippen molar-refractivity contribution in [3.63, 3.8) is 0 Å². The maximum atomic E-state index is 13.1. The van der Waals surface area contributed by atoms with Crippen molar-refractivity contribution in [1.29, 1.82) is 0 Å². The van der Waals surface area contributed by atoms with Crippen LogP contribution in [-0.4, -0.2) is 59.6 Å². The number of carbonyl (C=O) groups excluding carboxylic acids is 3. The number of fused-ring (bicyclic) bond motifs is 1. The highest BCUT2D eigenvalue weighted by molar-refractivity contribution is 6.07. The molecule has 0 unspecified atom stereocenters. The van der Waals surface area contributed by atoms with Crippen LogP contribution in [0.1, 0.15) is 49.8 Å². The molecule has 0 aromatic heterocycles. The van der Waals surface area contributed by atoms with E-state index < -0.39 is 23.4 Å². The number of urea groups is 1. The van der Waals surface area contributed by atoms with Crippen LogP contribution in [0, 0.1) is 0 Å². The highest BCUT2D eigenvalue weighted by Gasteiger charge is 2.48. The molecule has 5 rings (SSSR count). The summed E-state index contributed by atoms with van der Waals surface area (Å²) in [6, 6.07) is 15.2. The molecule has 2 fully saturated rings. The van der Waals surface area contributed by atoms with Crippen molar-refractivity contribution in [2.24, 2.45) is 0 Å². The van der Waals surface area contributed by atoms with Crippen LogP contribution in [0.2, 0.25) is 0 Å². The Kier molecular flexibility index (Phi) is 6.82. The number of aryl methyl sites for hydroxylation is 1. The normalized spacial score (nSPS) is 23.9. The Labute approximate surface area is 210 Å². The van der Waals surface area contributed by atoms with Crippen molar-refractivity contribution in [2.45, 2.75) is 50.6 Å². The van der Waals surface area contributed by atoms with E-state index in [9.17, 15) is 14.4 Å². The fourth-order valence-corrected chi connectivity index (χ4v) is 5.12. The van der Waals surface area contributed by atoms with Gasteiger partial charge in [-0.2, -0.15) is 5.01 Å². The maximum absolute atomic E-state index is 13.1. The van der Waals surface area contributed by atoms with Crippen LogP contribution in [0.5, 0.6) is 11.5 Å². The first kappa shape index (κ1) is 24.1. The van der Waals surface area contributed by atoms with E-state index in [2.05, 4.69) is 15.6 Å². The van der Waals surface area contributed by atoms with Crippen LogP contribution in [0.4, 0.5) is 4.79 Å². The van der Waals surface area contributed by atoms with E-state index in [0.717, 1.165) is 53.4 Å². The molecule has 0 aliphatic carbocycles. The van der Waals surface area contributed by atoms with Crippen LogP contribution in [-0.2, 0) is 16.0 Å². The number of imide groups is 1. The lowest BCUT2D eigenvalue weighted by molar-refractivity contribution is -0.139. The molecule has 0 saturated carbocycles. The molecule has 3 heterocycles. The Balaban J connectivity index is 1.20. The number of hydrogen-bond acceptors (Lipinski definition) is 6. The predicted molar refractivity (Wildman–Crippen MR) is 132 cm³/mol. The SMILES string of the molecule is C[C@@]1(CCc2ccccc2)NC(=O)N(NC(=O)CN2CCC[C@H]2c2ccc3c(c2)OCCCO3)C1=O. The summed E-state index contributed by atoms with van der Waals surface area (Å²) in [6.45, 7) is 3.78. The Hall–Kier alpha value is -3.59. The Bertz CT molecular complexity index is 1140. The lowest BCUT2D eigenvalue weighted by atomic mass is 9.93. The van der Waals surface area contributed by atoms with E-state index in [1.807, 2.05) is 48.5 Å². The smallest absolute Gasteiger partial charge is 0.344 e. The summed E-state index contributed by atoms with van der Waals surface area (Å²) in [5.41, 5.74) is 3.61. The first-order valence-electron chi connectivity index (χ1n) is 12.6. The number of nitrogens with one attached hydrogen (secondary N) is 2. The van der Waals surface area contributed by atoms with Crippen LogP contribution in [0.25, 0.3) is 0 Å². The van der Waals surface area contributed by atoms with Crippen LogP contribution < -0.4 is 20.2 Å². The predicted octanol–water partition coefficient (Wildman–Crippen LogP) is 2.96. The highest BCUT2D eigenvalue weighted by Crippen LogP contribution is 2.37. The molecule has 3 aliphatic rings. The molecule has 2 aromatic carbocycles. The number of amides is 4. The van der Waals surface area contributed by atoms with Crippen LogP contribution in [0.3, 0.4) is 0 Å². The summed E-state index contributed by atoms with van der Waals surface area (Å²) in [5.74, 6) is 0.632. The third-order valence-electron chi connectivity index (χ3n) is 7.12. The molecule has 4 amide bonds. The zero-order chi connectivity index (χ0) is 25.1. The van der Waals surface area contributed by atoms with Gasteiger partial charge in [-0.3, -0.25) is 19.9 Å². The van der Waals surface area contributed by atoms with Gasteiger partial charge < -0.3 is 14.8 Å². The number of hydrazine groups is 1. The summed E-state index contributed by atoms with van der Waals surface area (Å²) in [5, 5.41) is 3.58. The summed E-state index contributed by atoms with van der Waals surface area (Å²) < 4.78 is 11.6. The number of benzene rings is 2. The monoisotopic (exact) mass is 492 g/mol. The fourth-order valence-electron chi connectivity index (χ4n) is 5.12. The molecular formula is C27H32N4O5. The van der Waals surface area contributed by atoms with E-state index in [1.165, 1.54) is 0 Å². The Morgan fingerprint density at radius 2 is 1.86 bits per heavy atom. The fraction of sp³-hybridized carbons (Fsp3) is 0.444. The molecule has 0 spiro atoms.